The lowest BCUT2D eigenvalue weighted by atomic mass is 10.2. The standard InChI is InChI=1S/C14H12FN5O/c1-21-11-5-6-12(15)13(8-11)20-14(17-18-19-20)9-3-2-4-10(16)7-9/h2-8H,16H2,1H3. The Morgan fingerprint density at radius 3 is 2.81 bits per heavy atom. The first-order valence-corrected chi connectivity index (χ1v) is 6.17. The molecule has 0 amide bonds. The predicted molar refractivity (Wildman–Crippen MR) is 75.5 cm³/mol. The van der Waals surface area contributed by atoms with Crippen LogP contribution >= 0.6 is 0 Å². The van der Waals surface area contributed by atoms with Crippen LogP contribution in [0.1, 0.15) is 0 Å². The molecule has 0 aliphatic rings. The van der Waals surface area contributed by atoms with Gasteiger partial charge in [-0.25, -0.2) is 4.39 Å². The third kappa shape index (κ3) is 2.40. The molecule has 0 unspecified atom stereocenters. The van der Waals surface area contributed by atoms with Gasteiger partial charge in [-0.15, -0.1) is 5.10 Å². The number of hydrogen-bond donors (Lipinski definition) is 1. The fraction of sp³-hybridized carbons (Fsp3) is 0.0714. The molecule has 0 saturated carbocycles. The number of hydrogen-bond acceptors (Lipinski definition) is 5. The monoisotopic (exact) mass is 285 g/mol. The van der Waals surface area contributed by atoms with E-state index in [9.17, 15) is 4.39 Å². The maximum absolute atomic E-state index is 14.0. The Morgan fingerprint density at radius 2 is 2.05 bits per heavy atom. The maximum atomic E-state index is 14.0. The number of nitrogen functional groups attached to an aromatic ring is 1. The number of nitrogens with two attached hydrogens (primary N) is 1. The molecule has 6 nitrogen and oxygen atoms in total. The third-order valence-electron chi connectivity index (χ3n) is 3.00. The van der Waals surface area contributed by atoms with Crippen LogP contribution in [0.25, 0.3) is 17.1 Å². The number of benzene rings is 2. The molecule has 0 bridgehead atoms. The summed E-state index contributed by atoms with van der Waals surface area (Å²) >= 11 is 0. The van der Waals surface area contributed by atoms with Crippen molar-refractivity contribution in [3.05, 3.63) is 48.3 Å². The second-order valence-corrected chi connectivity index (χ2v) is 4.36. The Morgan fingerprint density at radius 1 is 1.19 bits per heavy atom. The molecule has 2 N–H and O–H groups in total. The molecule has 0 fully saturated rings. The Labute approximate surface area is 120 Å². The van der Waals surface area contributed by atoms with Crippen LogP contribution in [0.4, 0.5) is 10.1 Å². The Bertz CT molecular complexity index is 787. The fourth-order valence-electron chi connectivity index (χ4n) is 1.99. The lowest BCUT2D eigenvalue weighted by molar-refractivity contribution is 0.413. The van der Waals surface area contributed by atoms with Gasteiger partial charge in [0.25, 0.3) is 0 Å². The van der Waals surface area contributed by atoms with Crippen LogP contribution in [0.3, 0.4) is 0 Å². The van der Waals surface area contributed by atoms with Crippen LogP contribution in [0.5, 0.6) is 5.75 Å². The number of nitrogens with zero attached hydrogens (tertiary/aromatic N) is 4. The molecular weight excluding hydrogens is 273 g/mol. The van der Waals surface area contributed by atoms with Crippen LogP contribution in [0.15, 0.2) is 42.5 Å². The van der Waals surface area contributed by atoms with Crippen molar-refractivity contribution in [1.29, 1.82) is 0 Å². The highest BCUT2D eigenvalue weighted by Gasteiger charge is 2.15. The summed E-state index contributed by atoms with van der Waals surface area (Å²) in [5.41, 5.74) is 7.24. The molecule has 2 aromatic carbocycles. The van der Waals surface area contributed by atoms with Crippen LogP contribution < -0.4 is 10.5 Å². The minimum absolute atomic E-state index is 0.205. The summed E-state index contributed by atoms with van der Waals surface area (Å²) in [6.07, 6.45) is 0. The SMILES string of the molecule is COc1ccc(F)c(-n2nnnc2-c2cccc(N)c2)c1. The van der Waals surface area contributed by atoms with Gasteiger partial charge in [0.1, 0.15) is 17.3 Å². The second-order valence-electron chi connectivity index (χ2n) is 4.36. The van der Waals surface area contributed by atoms with Crippen LogP contribution in [-0.4, -0.2) is 27.3 Å². The van der Waals surface area contributed by atoms with Crippen molar-refractivity contribution in [3.8, 4) is 22.8 Å². The summed E-state index contributed by atoms with van der Waals surface area (Å²) in [4.78, 5) is 0. The fourth-order valence-corrected chi connectivity index (χ4v) is 1.99. The molecule has 0 spiro atoms. The van der Waals surface area contributed by atoms with Crippen molar-refractivity contribution in [3.63, 3.8) is 0 Å². The van der Waals surface area contributed by atoms with Gasteiger partial charge in [0.15, 0.2) is 5.82 Å². The zero-order valence-electron chi connectivity index (χ0n) is 11.2. The van der Waals surface area contributed by atoms with Crippen molar-refractivity contribution >= 4 is 5.69 Å². The molecule has 1 heterocycles. The molecule has 1 aromatic heterocycles. The molecule has 7 heteroatoms. The van der Waals surface area contributed by atoms with Crippen molar-refractivity contribution in [2.75, 3.05) is 12.8 Å². The zero-order chi connectivity index (χ0) is 14.8. The second kappa shape index (κ2) is 5.20. The van der Waals surface area contributed by atoms with E-state index < -0.39 is 5.82 Å². The average Bonchev–Trinajstić information content (AvgIpc) is 2.97. The highest BCUT2D eigenvalue weighted by atomic mass is 19.1. The zero-order valence-corrected chi connectivity index (χ0v) is 11.2. The van der Waals surface area contributed by atoms with Gasteiger partial charge in [0, 0.05) is 17.3 Å². The molecule has 0 radical (unpaired) electrons. The summed E-state index contributed by atoms with van der Waals surface area (Å²) in [5.74, 6) is 0.461. The largest absolute Gasteiger partial charge is 0.497 e. The van der Waals surface area contributed by atoms with Gasteiger partial charge in [0.2, 0.25) is 0 Å². The summed E-state index contributed by atoms with van der Waals surface area (Å²) in [6.45, 7) is 0. The molecule has 0 aliphatic carbocycles. The van der Waals surface area contributed by atoms with E-state index in [2.05, 4.69) is 15.5 Å². The van der Waals surface area contributed by atoms with Gasteiger partial charge in [0.05, 0.1) is 7.11 Å². The van der Waals surface area contributed by atoms with Gasteiger partial charge in [-0.3, -0.25) is 0 Å². The van der Waals surface area contributed by atoms with E-state index in [0.29, 0.717) is 22.8 Å². The van der Waals surface area contributed by atoms with Crippen molar-refractivity contribution in [2.45, 2.75) is 0 Å². The lowest BCUT2D eigenvalue weighted by Gasteiger charge is -2.08. The van der Waals surface area contributed by atoms with E-state index in [-0.39, 0.29) is 5.69 Å². The first-order valence-electron chi connectivity index (χ1n) is 6.17. The normalized spacial score (nSPS) is 10.6. The van der Waals surface area contributed by atoms with Crippen molar-refractivity contribution in [1.82, 2.24) is 20.2 Å². The topological polar surface area (TPSA) is 78.8 Å². The third-order valence-corrected chi connectivity index (χ3v) is 3.00. The molecule has 3 rings (SSSR count). The van der Waals surface area contributed by atoms with Crippen LogP contribution in [0, 0.1) is 5.82 Å². The number of tetrazole rings is 1. The number of halogens is 1. The van der Waals surface area contributed by atoms with E-state index in [1.807, 2.05) is 0 Å². The van der Waals surface area contributed by atoms with Gasteiger partial charge >= 0.3 is 0 Å². The van der Waals surface area contributed by atoms with Crippen LogP contribution in [0.2, 0.25) is 0 Å². The smallest absolute Gasteiger partial charge is 0.187 e. The summed E-state index contributed by atoms with van der Waals surface area (Å²) in [7, 11) is 1.51. The number of anilines is 1. The molecule has 0 saturated heterocycles. The average molecular weight is 285 g/mol. The van der Waals surface area contributed by atoms with E-state index in [1.54, 1.807) is 24.3 Å². The minimum Gasteiger partial charge on any atom is -0.497 e. The summed E-state index contributed by atoms with van der Waals surface area (Å²) in [5, 5.41) is 11.4. The number of rotatable bonds is 3. The van der Waals surface area contributed by atoms with E-state index in [0.717, 1.165) is 0 Å². The lowest BCUT2D eigenvalue weighted by Crippen LogP contribution is -2.03. The number of ether oxygens (including phenoxy) is 1. The number of aromatic nitrogens is 4. The molecule has 3 aromatic rings. The Hall–Kier alpha value is -2.96. The quantitative estimate of drug-likeness (QED) is 0.745. The highest BCUT2D eigenvalue weighted by Crippen LogP contribution is 2.25. The number of methoxy groups -OCH3 is 1. The first kappa shape index (κ1) is 13.0. The van der Waals surface area contributed by atoms with Gasteiger partial charge in [-0.2, -0.15) is 4.68 Å². The first-order chi connectivity index (χ1) is 10.2. The maximum Gasteiger partial charge on any atom is 0.187 e. The minimum atomic E-state index is -0.451. The van der Waals surface area contributed by atoms with E-state index >= 15 is 0 Å². The highest BCUT2D eigenvalue weighted by molar-refractivity contribution is 5.62. The molecule has 106 valence electrons. The summed E-state index contributed by atoms with van der Waals surface area (Å²) < 4.78 is 20.5. The van der Waals surface area contributed by atoms with Gasteiger partial charge < -0.3 is 10.5 Å². The van der Waals surface area contributed by atoms with Gasteiger partial charge in [-0.05, 0) is 34.7 Å². The predicted octanol–water partition coefficient (Wildman–Crippen LogP) is 2.06. The Balaban J connectivity index is 2.15. The molecule has 0 atom stereocenters. The van der Waals surface area contributed by atoms with Crippen LogP contribution in [-0.2, 0) is 0 Å². The van der Waals surface area contributed by atoms with Crippen molar-refractivity contribution < 1.29 is 9.13 Å². The van der Waals surface area contributed by atoms with E-state index in [4.69, 9.17) is 10.5 Å². The van der Waals surface area contributed by atoms with Gasteiger partial charge in [-0.1, -0.05) is 12.1 Å². The summed E-state index contributed by atoms with van der Waals surface area (Å²) in [6, 6.07) is 11.4. The van der Waals surface area contributed by atoms with Crippen molar-refractivity contribution in [2.24, 2.45) is 0 Å². The molecular formula is C14H12FN5O. The molecule has 0 aliphatic heterocycles. The van der Waals surface area contributed by atoms with E-state index in [1.165, 1.54) is 30.0 Å². The Kier molecular flexibility index (Phi) is 3.23. The molecule has 21 heavy (non-hydrogen) atoms.